The van der Waals surface area contributed by atoms with Crippen LogP contribution in [0.25, 0.3) is 0 Å². The number of aliphatic hydroxyl groups is 1. The van der Waals surface area contributed by atoms with Crippen LogP contribution in [0, 0.1) is 0 Å². The summed E-state index contributed by atoms with van der Waals surface area (Å²) in [6.07, 6.45) is 2.47. The predicted molar refractivity (Wildman–Crippen MR) is 44.5 cm³/mol. The van der Waals surface area contributed by atoms with E-state index in [9.17, 15) is 9.59 Å². The molecule has 0 saturated carbocycles. The first-order valence-electron chi connectivity index (χ1n) is 3.78. The number of carbonyl (C=O) groups excluding carboxylic acids is 2. The van der Waals surface area contributed by atoms with Gasteiger partial charge in [0.15, 0.2) is 0 Å². The van der Waals surface area contributed by atoms with Gasteiger partial charge in [0.2, 0.25) is 0 Å². The number of rotatable bonds is 3. The first kappa shape index (κ1) is 10.1. The van der Waals surface area contributed by atoms with Crippen LogP contribution < -0.4 is 10.7 Å². The summed E-state index contributed by atoms with van der Waals surface area (Å²) in [5, 5.41) is 17.4. The molecule has 0 fully saturated rings. The summed E-state index contributed by atoms with van der Waals surface area (Å²) in [7, 11) is 0. The number of aliphatic hydroxyl groups excluding tert-OH is 1. The zero-order valence-electron chi connectivity index (χ0n) is 7.17. The van der Waals surface area contributed by atoms with Gasteiger partial charge in [-0.1, -0.05) is 0 Å². The van der Waals surface area contributed by atoms with Crippen LogP contribution in [0.15, 0.2) is 12.7 Å². The third-order valence-electron chi connectivity index (χ3n) is 1.25. The fourth-order valence-electron chi connectivity index (χ4n) is 0.676. The van der Waals surface area contributed by atoms with Gasteiger partial charge in [0.05, 0.1) is 6.61 Å². The second-order valence-electron chi connectivity index (χ2n) is 2.29. The van der Waals surface area contributed by atoms with Gasteiger partial charge in [0.1, 0.15) is 12.7 Å². The summed E-state index contributed by atoms with van der Waals surface area (Å²) in [5.74, 6) is -1.68. The van der Waals surface area contributed by atoms with Crippen LogP contribution >= 0.6 is 0 Å². The summed E-state index contributed by atoms with van der Waals surface area (Å²) in [6.45, 7) is -0.180. The molecule has 0 aromatic carbocycles. The van der Waals surface area contributed by atoms with Crippen molar-refractivity contribution >= 4 is 11.8 Å². The lowest BCUT2D eigenvalue weighted by molar-refractivity contribution is -0.136. The Balaban J connectivity index is 2.38. The maximum Gasteiger partial charge on any atom is 0.328 e. The maximum atomic E-state index is 11.0. The molecule has 8 nitrogen and oxygen atoms in total. The Morgan fingerprint density at radius 1 is 1.29 bits per heavy atom. The van der Waals surface area contributed by atoms with Crippen molar-refractivity contribution in [2.45, 2.75) is 0 Å². The lowest BCUT2D eigenvalue weighted by Gasteiger charge is -2.04. The molecule has 0 aliphatic rings. The third-order valence-corrected chi connectivity index (χ3v) is 1.25. The van der Waals surface area contributed by atoms with Crippen LogP contribution in [0.3, 0.4) is 0 Å². The van der Waals surface area contributed by atoms with Gasteiger partial charge in [-0.2, -0.15) is 0 Å². The molecule has 0 saturated heterocycles. The molecule has 0 unspecified atom stereocenters. The fourth-order valence-corrected chi connectivity index (χ4v) is 0.676. The van der Waals surface area contributed by atoms with E-state index in [4.69, 9.17) is 5.11 Å². The topological polar surface area (TPSA) is 109 Å². The monoisotopic (exact) mass is 199 g/mol. The van der Waals surface area contributed by atoms with Crippen LogP contribution in [-0.2, 0) is 9.59 Å². The third kappa shape index (κ3) is 2.83. The Bertz CT molecular complexity index is 309. The maximum absolute atomic E-state index is 11.0. The van der Waals surface area contributed by atoms with E-state index in [1.165, 1.54) is 12.7 Å². The van der Waals surface area contributed by atoms with Gasteiger partial charge in [-0.05, 0) is 0 Å². The molecular formula is C6H9N5O3. The molecule has 14 heavy (non-hydrogen) atoms. The molecule has 0 atom stereocenters. The molecule has 1 aromatic rings. The Morgan fingerprint density at radius 3 is 2.50 bits per heavy atom. The fraction of sp³-hybridized carbons (Fsp3) is 0.333. The van der Waals surface area contributed by atoms with Gasteiger partial charge in [0.25, 0.3) is 0 Å². The second kappa shape index (κ2) is 4.92. The van der Waals surface area contributed by atoms with Crippen molar-refractivity contribution in [3.63, 3.8) is 0 Å². The number of nitrogens with zero attached hydrogens (tertiary/aromatic N) is 3. The Morgan fingerprint density at radius 2 is 1.93 bits per heavy atom. The summed E-state index contributed by atoms with van der Waals surface area (Å²) in [4.78, 5) is 22.0. The lowest BCUT2D eigenvalue weighted by Crippen LogP contribution is -2.39. The summed E-state index contributed by atoms with van der Waals surface area (Å²) >= 11 is 0. The molecule has 0 aliphatic carbocycles. The van der Waals surface area contributed by atoms with Gasteiger partial charge < -0.3 is 10.4 Å². The van der Waals surface area contributed by atoms with E-state index in [1.54, 1.807) is 0 Å². The van der Waals surface area contributed by atoms with E-state index in [1.807, 2.05) is 0 Å². The molecule has 0 spiro atoms. The van der Waals surface area contributed by atoms with Gasteiger partial charge in [-0.15, -0.1) is 10.2 Å². The summed E-state index contributed by atoms with van der Waals surface area (Å²) in [5.41, 5.74) is 2.19. The van der Waals surface area contributed by atoms with Gasteiger partial charge in [0, 0.05) is 6.54 Å². The van der Waals surface area contributed by atoms with E-state index in [0.717, 1.165) is 4.68 Å². The molecule has 3 N–H and O–H groups in total. The smallest absolute Gasteiger partial charge is 0.328 e. The van der Waals surface area contributed by atoms with Crippen LogP contribution in [0.1, 0.15) is 0 Å². The highest BCUT2D eigenvalue weighted by Gasteiger charge is 2.12. The highest BCUT2D eigenvalue weighted by atomic mass is 16.3. The van der Waals surface area contributed by atoms with Crippen molar-refractivity contribution < 1.29 is 14.7 Å². The van der Waals surface area contributed by atoms with Crippen LogP contribution in [-0.4, -0.2) is 44.9 Å². The molecular weight excluding hydrogens is 190 g/mol. The Labute approximate surface area is 78.9 Å². The first-order valence-corrected chi connectivity index (χ1v) is 3.78. The van der Waals surface area contributed by atoms with Crippen LogP contribution in [0.5, 0.6) is 0 Å². The zero-order valence-corrected chi connectivity index (χ0v) is 7.17. The second-order valence-corrected chi connectivity index (χ2v) is 2.29. The van der Waals surface area contributed by atoms with Gasteiger partial charge >= 0.3 is 11.8 Å². The van der Waals surface area contributed by atoms with E-state index >= 15 is 0 Å². The standard InChI is InChI=1S/C6H9N5O3/c12-2-1-7-5(13)6(14)10-11-3-8-9-4-11/h3-4,12H,1-2H2,(H,7,13)(H,10,14). The van der Waals surface area contributed by atoms with E-state index in [0.29, 0.717) is 0 Å². The number of nitrogens with one attached hydrogen (secondary N) is 2. The van der Waals surface area contributed by atoms with Gasteiger partial charge in [-0.3, -0.25) is 15.0 Å². The number of aromatic nitrogens is 3. The summed E-state index contributed by atoms with van der Waals surface area (Å²) in [6, 6.07) is 0. The number of hydrogen-bond acceptors (Lipinski definition) is 5. The minimum atomic E-state index is -0.849. The molecule has 1 aromatic heterocycles. The molecule has 0 bridgehead atoms. The van der Waals surface area contributed by atoms with E-state index in [-0.39, 0.29) is 13.2 Å². The quantitative estimate of drug-likeness (QED) is 0.464. The zero-order chi connectivity index (χ0) is 10.4. The van der Waals surface area contributed by atoms with Crippen LogP contribution in [0.2, 0.25) is 0 Å². The van der Waals surface area contributed by atoms with Crippen molar-refractivity contribution in [3.05, 3.63) is 12.7 Å². The molecule has 0 aliphatic heterocycles. The molecule has 8 heteroatoms. The van der Waals surface area contributed by atoms with E-state index < -0.39 is 11.8 Å². The van der Waals surface area contributed by atoms with Crippen LogP contribution in [0.4, 0.5) is 0 Å². The minimum absolute atomic E-state index is 0.0361. The lowest BCUT2D eigenvalue weighted by atomic mass is 10.5. The van der Waals surface area contributed by atoms with Gasteiger partial charge in [-0.25, -0.2) is 4.68 Å². The highest BCUT2D eigenvalue weighted by molar-refractivity contribution is 6.38. The number of carbonyl (C=O) groups is 2. The molecule has 1 heterocycles. The normalized spacial score (nSPS) is 9.50. The number of amides is 2. The molecule has 0 radical (unpaired) electrons. The summed E-state index contributed by atoms with van der Waals surface area (Å²) < 4.78 is 1.14. The van der Waals surface area contributed by atoms with E-state index in [2.05, 4.69) is 20.9 Å². The Hall–Kier alpha value is -1.96. The molecule has 1 rings (SSSR count). The SMILES string of the molecule is O=C(NCCO)C(=O)Nn1cnnc1. The van der Waals surface area contributed by atoms with Crippen molar-refractivity contribution in [1.82, 2.24) is 20.2 Å². The predicted octanol–water partition coefficient (Wildman–Crippen LogP) is -2.54. The first-order chi connectivity index (χ1) is 6.74. The largest absolute Gasteiger partial charge is 0.395 e. The minimum Gasteiger partial charge on any atom is -0.395 e. The Kier molecular flexibility index (Phi) is 3.56. The molecule has 76 valence electrons. The average molecular weight is 199 g/mol. The highest BCUT2D eigenvalue weighted by Crippen LogP contribution is 1.77. The van der Waals surface area contributed by atoms with Crippen molar-refractivity contribution in [1.29, 1.82) is 0 Å². The number of hydrogen-bond donors (Lipinski definition) is 3. The van der Waals surface area contributed by atoms with Crippen molar-refractivity contribution in [2.24, 2.45) is 0 Å². The van der Waals surface area contributed by atoms with Crippen molar-refractivity contribution in [2.75, 3.05) is 18.6 Å². The molecule has 2 amide bonds. The van der Waals surface area contributed by atoms with Crippen molar-refractivity contribution in [3.8, 4) is 0 Å². The average Bonchev–Trinajstić information content (AvgIpc) is 2.66.